The van der Waals surface area contributed by atoms with E-state index in [9.17, 15) is 4.39 Å². The molecular formula is C18H19ClFN5O. The van der Waals surface area contributed by atoms with Crippen molar-refractivity contribution in [2.75, 3.05) is 24.3 Å². The van der Waals surface area contributed by atoms with Crippen LogP contribution in [0.1, 0.15) is 12.7 Å². The number of hydrogen-bond donors (Lipinski definition) is 2. The molecule has 0 fully saturated rings. The van der Waals surface area contributed by atoms with E-state index in [-0.39, 0.29) is 16.4 Å². The van der Waals surface area contributed by atoms with Crippen molar-refractivity contribution < 1.29 is 9.13 Å². The molecule has 0 atom stereocenters. The molecule has 0 bridgehead atoms. The normalized spacial score (nSPS) is 11.0. The molecule has 0 saturated carbocycles. The molecule has 0 amide bonds. The van der Waals surface area contributed by atoms with Crippen molar-refractivity contribution in [3.63, 3.8) is 0 Å². The number of ether oxygens (including phenoxy) is 1. The molecule has 0 aliphatic rings. The predicted octanol–water partition coefficient (Wildman–Crippen LogP) is 4.67. The topological polar surface area (TPSA) is 72.0 Å². The van der Waals surface area contributed by atoms with Crippen LogP contribution in [-0.2, 0) is 0 Å². The summed E-state index contributed by atoms with van der Waals surface area (Å²) < 4.78 is 19.1. The van der Waals surface area contributed by atoms with Crippen LogP contribution in [0.2, 0.25) is 0 Å². The minimum absolute atomic E-state index is 0.0392. The Morgan fingerprint density at radius 1 is 1.35 bits per heavy atom. The van der Waals surface area contributed by atoms with E-state index >= 15 is 0 Å². The van der Waals surface area contributed by atoms with Crippen LogP contribution in [0, 0.1) is 0 Å². The second-order valence-electron chi connectivity index (χ2n) is 5.10. The molecule has 2 heterocycles. The van der Waals surface area contributed by atoms with Crippen molar-refractivity contribution in [3.05, 3.63) is 60.6 Å². The molecule has 0 aliphatic carbocycles. The highest BCUT2D eigenvalue weighted by Gasteiger charge is 2.15. The molecule has 2 aromatic rings. The van der Waals surface area contributed by atoms with Gasteiger partial charge in [0.25, 0.3) is 0 Å². The first kappa shape index (κ1) is 19.4. The van der Waals surface area contributed by atoms with Gasteiger partial charge in [-0.25, -0.2) is 14.4 Å². The molecule has 8 heteroatoms. The zero-order valence-electron chi connectivity index (χ0n) is 14.5. The number of nitrogens with one attached hydrogen (secondary N) is 2. The summed E-state index contributed by atoms with van der Waals surface area (Å²) in [5, 5.41) is 6.48. The van der Waals surface area contributed by atoms with E-state index in [2.05, 4.69) is 38.7 Å². The summed E-state index contributed by atoms with van der Waals surface area (Å²) in [6, 6.07) is 1.78. The maximum Gasteiger partial charge on any atom is 0.179 e. The van der Waals surface area contributed by atoms with Crippen LogP contribution in [0.3, 0.4) is 0 Å². The van der Waals surface area contributed by atoms with Crippen molar-refractivity contribution in [2.45, 2.75) is 6.92 Å². The first-order valence-electron chi connectivity index (χ1n) is 7.73. The van der Waals surface area contributed by atoms with E-state index in [1.54, 1.807) is 18.5 Å². The minimum Gasteiger partial charge on any atom is -0.491 e. The second-order valence-corrected chi connectivity index (χ2v) is 5.58. The number of allylic oxidation sites excluding steroid dienone is 4. The highest BCUT2D eigenvalue weighted by Crippen LogP contribution is 2.31. The number of rotatable bonds is 8. The largest absolute Gasteiger partial charge is 0.491 e. The summed E-state index contributed by atoms with van der Waals surface area (Å²) >= 11 is 5.76. The van der Waals surface area contributed by atoms with Crippen molar-refractivity contribution in [3.8, 4) is 5.75 Å². The molecule has 0 saturated heterocycles. The van der Waals surface area contributed by atoms with E-state index in [1.807, 2.05) is 6.92 Å². The molecule has 0 aliphatic heterocycles. The lowest BCUT2D eigenvalue weighted by Crippen LogP contribution is -2.06. The fraction of sp³-hybridized carbons (Fsp3) is 0.167. The predicted molar refractivity (Wildman–Crippen MR) is 103 cm³/mol. The highest BCUT2D eigenvalue weighted by molar-refractivity contribution is 6.31. The number of halogens is 2. The summed E-state index contributed by atoms with van der Waals surface area (Å²) in [7, 11) is 1.49. The van der Waals surface area contributed by atoms with Gasteiger partial charge in [-0.2, -0.15) is 0 Å². The Labute approximate surface area is 156 Å². The van der Waals surface area contributed by atoms with Gasteiger partial charge in [-0.15, -0.1) is 0 Å². The average Bonchev–Trinajstić information content (AvgIpc) is 2.61. The first-order chi connectivity index (χ1) is 12.5. The zero-order chi connectivity index (χ0) is 19.1. The van der Waals surface area contributed by atoms with Crippen LogP contribution in [0.4, 0.5) is 21.6 Å². The molecule has 26 heavy (non-hydrogen) atoms. The van der Waals surface area contributed by atoms with Gasteiger partial charge < -0.3 is 15.4 Å². The Bertz CT molecular complexity index is 853. The molecule has 2 aromatic heterocycles. The van der Waals surface area contributed by atoms with Gasteiger partial charge in [-0.3, -0.25) is 4.98 Å². The third-order valence-electron chi connectivity index (χ3n) is 3.25. The fourth-order valence-electron chi connectivity index (χ4n) is 2.12. The Hall–Kier alpha value is -2.93. The van der Waals surface area contributed by atoms with Crippen molar-refractivity contribution in [1.29, 1.82) is 0 Å². The molecule has 2 N–H and O–H groups in total. The monoisotopic (exact) mass is 375 g/mol. The lowest BCUT2D eigenvalue weighted by molar-refractivity contribution is 0.413. The quantitative estimate of drug-likeness (QED) is 0.653. The molecule has 0 radical (unpaired) electrons. The van der Waals surface area contributed by atoms with E-state index in [4.69, 9.17) is 16.3 Å². The number of anilines is 3. The van der Waals surface area contributed by atoms with Gasteiger partial charge in [0.15, 0.2) is 17.4 Å². The Morgan fingerprint density at radius 3 is 2.73 bits per heavy atom. The molecule has 0 spiro atoms. The van der Waals surface area contributed by atoms with Gasteiger partial charge in [0.1, 0.15) is 5.83 Å². The van der Waals surface area contributed by atoms with Gasteiger partial charge >= 0.3 is 0 Å². The van der Waals surface area contributed by atoms with Crippen LogP contribution in [-0.4, -0.2) is 28.6 Å². The number of hydrogen-bond acceptors (Lipinski definition) is 6. The number of pyridine rings is 1. The first-order valence-corrected chi connectivity index (χ1v) is 8.11. The summed E-state index contributed by atoms with van der Waals surface area (Å²) in [4.78, 5) is 12.6. The molecule has 6 nitrogen and oxygen atoms in total. The standard InChI is InChI=1S/C18H19ClFN5O/c1-5-22-15-9-21-7-6-14(15)24-18-16(26-4)10-23-17(25-18)13(12(3)20)8-11(2)19/h6-10,22H,2-3,5H2,1,4H3,(H,21,23,24,25)/b13-8+. The fourth-order valence-corrected chi connectivity index (χ4v) is 2.23. The van der Waals surface area contributed by atoms with Crippen molar-refractivity contribution in [1.82, 2.24) is 15.0 Å². The van der Waals surface area contributed by atoms with E-state index in [0.717, 1.165) is 17.9 Å². The maximum atomic E-state index is 13.8. The summed E-state index contributed by atoms with van der Waals surface area (Å²) in [6.45, 7) is 9.52. The zero-order valence-corrected chi connectivity index (χ0v) is 15.3. The number of nitrogens with zero attached hydrogens (tertiary/aromatic N) is 3. The Balaban J connectivity index is 2.48. The van der Waals surface area contributed by atoms with Crippen LogP contribution < -0.4 is 15.4 Å². The molecule has 0 unspecified atom stereocenters. The number of methoxy groups -OCH3 is 1. The van der Waals surface area contributed by atoms with E-state index < -0.39 is 5.83 Å². The molecule has 0 aromatic carbocycles. The molecule has 136 valence electrons. The summed E-state index contributed by atoms with van der Waals surface area (Å²) in [5.74, 6) is 0.124. The van der Waals surface area contributed by atoms with Crippen LogP contribution in [0.25, 0.3) is 5.57 Å². The Morgan fingerprint density at radius 2 is 2.12 bits per heavy atom. The van der Waals surface area contributed by atoms with Crippen molar-refractivity contribution in [2.24, 2.45) is 0 Å². The third-order valence-corrected chi connectivity index (χ3v) is 3.36. The summed E-state index contributed by atoms with van der Waals surface area (Å²) in [5.41, 5.74) is 1.56. The second kappa shape index (κ2) is 8.96. The molecular weight excluding hydrogens is 357 g/mol. The lowest BCUT2D eigenvalue weighted by Gasteiger charge is -2.15. The van der Waals surface area contributed by atoms with Gasteiger partial charge in [0.2, 0.25) is 0 Å². The highest BCUT2D eigenvalue weighted by atomic mass is 35.5. The van der Waals surface area contributed by atoms with Gasteiger partial charge in [0, 0.05) is 17.8 Å². The average molecular weight is 376 g/mol. The molecule has 2 rings (SSSR count). The number of aromatic nitrogens is 3. The summed E-state index contributed by atoms with van der Waals surface area (Å²) in [6.07, 6.45) is 6.08. The third kappa shape index (κ3) is 4.80. The SMILES string of the molecule is C=C(Cl)/C=C(\C(=C)F)c1ncc(OC)c(Nc2ccncc2NCC)n1. The van der Waals surface area contributed by atoms with Crippen LogP contribution >= 0.6 is 11.6 Å². The van der Waals surface area contributed by atoms with Gasteiger partial charge in [-0.05, 0) is 19.1 Å². The maximum absolute atomic E-state index is 13.8. The van der Waals surface area contributed by atoms with Gasteiger partial charge in [0.05, 0.1) is 36.5 Å². The Kier molecular flexibility index (Phi) is 6.68. The van der Waals surface area contributed by atoms with Crippen molar-refractivity contribution >= 4 is 34.4 Å². The lowest BCUT2D eigenvalue weighted by atomic mass is 10.2. The van der Waals surface area contributed by atoms with Crippen LogP contribution in [0.5, 0.6) is 5.75 Å². The van der Waals surface area contributed by atoms with E-state index in [1.165, 1.54) is 19.4 Å². The minimum atomic E-state index is -0.722. The van der Waals surface area contributed by atoms with Crippen LogP contribution in [0.15, 0.2) is 54.7 Å². The van der Waals surface area contributed by atoms with Gasteiger partial charge in [-0.1, -0.05) is 24.8 Å². The van der Waals surface area contributed by atoms with E-state index in [0.29, 0.717) is 11.6 Å². The smallest absolute Gasteiger partial charge is 0.179 e.